The van der Waals surface area contributed by atoms with Crippen molar-refractivity contribution in [2.75, 3.05) is 25.9 Å². The summed E-state index contributed by atoms with van der Waals surface area (Å²) in [6, 6.07) is 6.97. The Morgan fingerprint density at radius 3 is 2.57 bits per heavy atom. The van der Waals surface area contributed by atoms with Gasteiger partial charge in [0.2, 0.25) is 0 Å². The maximum atomic E-state index is 12.6. The number of rotatable bonds is 3. The van der Waals surface area contributed by atoms with Gasteiger partial charge in [-0.25, -0.2) is 8.42 Å². The van der Waals surface area contributed by atoms with E-state index in [0.717, 1.165) is 38.7 Å². The summed E-state index contributed by atoms with van der Waals surface area (Å²) in [7, 11) is -3.29. The minimum absolute atomic E-state index is 0.0617. The van der Waals surface area contributed by atoms with E-state index in [-0.39, 0.29) is 10.8 Å². The van der Waals surface area contributed by atoms with Gasteiger partial charge in [0.05, 0.1) is 4.90 Å². The van der Waals surface area contributed by atoms with Crippen LogP contribution < -0.4 is 5.32 Å². The molecule has 0 spiro atoms. The SMILES string of the molecule is CS(=O)(=O)c1cccc(C(=O)N2CCC(C3CCCN3)CC2)c1. The van der Waals surface area contributed by atoms with Gasteiger partial charge in [-0.15, -0.1) is 0 Å². The van der Waals surface area contributed by atoms with Crippen LogP contribution in [0.2, 0.25) is 0 Å². The van der Waals surface area contributed by atoms with E-state index in [4.69, 9.17) is 0 Å². The van der Waals surface area contributed by atoms with Crippen molar-refractivity contribution in [2.24, 2.45) is 5.92 Å². The smallest absolute Gasteiger partial charge is 0.253 e. The Bertz CT molecular complexity index is 673. The van der Waals surface area contributed by atoms with Gasteiger partial charge in [0, 0.05) is 31.0 Å². The molecule has 1 unspecified atom stereocenters. The number of sulfone groups is 1. The summed E-state index contributed by atoms with van der Waals surface area (Å²) in [5.74, 6) is 0.595. The van der Waals surface area contributed by atoms with Crippen molar-refractivity contribution >= 4 is 15.7 Å². The molecule has 23 heavy (non-hydrogen) atoms. The first-order valence-corrected chi connectivity index (χ1v) is 10.2. The third kappa shape index (κ3) is 3.75. The highest BCUT2D eigenvalue weighted by Gasteiger charge is 2.30. The van der Waals surface area contributed by atoms with E-state index in [0.29, 0.717) is 17.5 Å². The van der Waals surface area contributed by atoms with Gasteiger partial charge in [0.1, 0.15) is 0 Å². The molecule has 2 aliphatic rings. The first-order chi connectivity index (χ1) is 10.9. The van der Waals surface area contributed by atoms with Gasteiger partial charge in [-0.1, -0.05) is 6.07 Å². The minimum Gasteiger partial charge on any atom is -0.339 e. The second kappa shape index (κ2) is 6.61. The molecule has 126 valence electrons. The lowest BCUT2D eigenvalue weighted by atomic mass is 9.88. The number of amides is 1. The summed E-state index contributed by atoms with van der Waals surface area (Å²) in [6.07, 6.45) is 5.71. The Labute approximate surface area is 138 Å². The quantitative estimate of drug-likeness (QED) is 0.912. The molecule has 0 radical (unpaired) electrons. The Morgan fingerprint density at radius 1 is 1.22 bits per heavy atom. The fraction of sp³-hybridized carbons (Fsp3) is 0.588. The van der Waals surface area contributed by atoms with Gasteiger partial charge in [-0.3, -0.25) is 4.79 Å². The highest BCUT2D eigenvalue weighted by atomic mass is 32.2. The van der Waals surface area contributed by atoms with E-state index < -0.39 is 9.84 Å². The van der Waals surface area contributed by atoms with Crippen LogP contribution in [0.25, 0.3) is 0 Å². The molecule has 0 bridgehead atoms. The lowest BCUT2D eigenvalue weighted by Crippen LogP contribution is -2.43. The zero-order chi connectivity index (χ0) is 16.4. The highest BCUT2D eigenvalue weighted by molar-refractivity contribution is 7.90. The number of carbonyl (C=O) groups is 1. The molecule has 0 aliphatic carbocycles. The highest BCUT2D eigenvalue weighted by Crippen LogP contribution is 2.26. The van der Waals surface area contributed by atoms with Crippen LogP contribution in [-0.4, -0.2) is 51.2 Å². The summed E-state index contributed by atoms with van der Waals surface area (Å²) in [5, 5.41) is 3.56. The van der Waals surface area contributed by atoms with Crippen LogP contribution in [0.1, 0.15) is 36.0 Å². The van der Waals surface area contributed by atoms with Crippen LogP contribution in [0.5, 0.6) is 0 Å². The maximum Gasteiger partial charge on any atom is 0.253 e. The Kier molecular flexibility index (Phi) is 4.73. The molecular formula is C17H24N2O3S. The van der Waals surface area contributed by atoms with Gasteiger partial charge in [0.15, 0.2) is 9.84 Å². The summed E-state index contributed by atoms with van der Waals surface area (Å²) < 4.78 is 23.3. The van der Waals surface area contributed by atoms with Crippen LogP contribution in [0.3, 0.4) is 0 Å². The lowest BCUT2D eigenvalue weighted by molar-refractivity contribution is 0.0674. The molecule has 1 N–H and O–H groups in total. The van der Waals surface area contributed by atoms with Crippen molar-refractivity contribution < 1.29 is 13.2 Å². The molecule has 1 aromatic rings. The van der Waals surface area contributed by atoms with E-state index in [1.165, 1.54) is 25.0 Å². The van der Waals surface area contributed by atoms with Gasteiger partial charge in [-0.2, -0.15) is 0 Å². The number of hydrogen-bond donors (Lipinski definition) is 1. The number of nitrogens with one attached hydrogen (secondary N) is 1. The average Bonchev–Trinajstić information content (AvgIpc) is 3.08. The van der Waals surface area contributed by atoms with E-state index in [1.54, 1.807) is 12.1 Å². The molecule has 0 saturated carbocycles. The third-order valence-electron chi connectivity index (χ3n) is 5.00. The zero-order valence-corrected chi connectivity index (χ0v) is 14.3. The van der Waals surface area contributed by atoms with E-state index in [1.807, 2.05) is 4.90 Å². The van der Waals surface area contributed by atoms with Crippen LogP contribution >= 0.6 is 0 Å². The maximum absolute atomic E-state index is 12.6. The Hall–Kier alpha value is -1.40. The summed E-state index contributed by atoms with van der Waals surface area (Å²) in [6.45, 7) is 2.62. The van der Waals surface area contributed by atoms with Crippen molar-refractivity contribution in [3.63, 3.8) is 0 Å². The molecule has 2 saturated heterocycles. The molecule has 2 fully saturated rings. The number of hydrogen-bond acceptors (Lipinski definition) is 4. The normalized spacial score (nSPS) is 23.2. The predicted octanol–water partition coefficient (Wildman–Crippen LogP) is 1.69. The molecule has 5 nitrogen and oxygen atoms in total. The van der Waals surface area contributed by atoms with Crippen molar-refractivity contribution in [1.29, 1.82) is 0 Å². The van der Waals surface area contributed by atoms with Crippen molar-refractivity contribution in [3.8, 4) is 0 Å². The largest absolute Gasteiger partial charge is 0.339 e. The molecule has 3 rings (SSSR count). The van der Waals surface area contributed by atoms with E-state index in [2.05, 4.69) is 5.32 Å². The molecule has 0 aromatic heterocycles. The summed E-state index contributed by atoms with van der Waals surface area (Å²) >= 11 is 0. The Balaban J connectivity index is 1.65. The first kappa shape index (κ1) is 16.5. The number of likely N-dealkylation sites (tertiary alicyclic amines) is 1. The molecule has 1 atom stereocenters. The van der Waals surface area contributed by atoms with Crippen molar-refractivity contribution in [2.45, 2.75) is 36.6 Å². The topological polar surface area (TPSA) is 66.5 Å². The molecule has 2 aliphatic heterocycles. The first-order valence-electron chi connectivity index (χ1n) is 8.28. The number of carbonyl (C=O) groups excluding carboxylic acids is 1. The Morgan fingerprint density at radius 2 is 1.96 bits per heavy atom. The number of nitrogens with zero attached hydrogens (tertiary/aromatic N) is 1. The van der Waals surface area contributed by atoms with Gasteiger partial charge >= 0.3 is 0 Å². The second-order valence-electron chi connectivity index (χ2n) is 6.63. The van der Waals surface area contributed by atoms with Crippen LogP contribution in [0, 0.1) is 5.92 Å². The molecule has 2 heterocycles. The van der Waals surface area contributed by atoms with Gasteiger partial charge < -0.3 is 10.2 Å². The zero-order valence-electron chi connectivity index (χ0n) is 13.5. The molecule has 6 heteroatoms. The van der Waals surface area contributed by atoms with Gasteiger partial charge in [-0.05, 0) is 56.3 Å². The molecule has 1 amide bonds. The third-order valence-corrected chi connectivity index (χ3v) is 6.11. The summed E-state index contributed by atoms with van der Waals surface area (Å²) in [4.78, 5) is 14.7. The fourth-order valence-electron chi connectivity index (χ4n) is 3.66. The second-order valence-corrected chi connectivity index (χ2v) is 8.65. The van der Waals surface area contributed by atoms with Crippen molar-refractivity contribution in [1.82, 2.24) is 10.2 Å². The number of piperidine rings is 1. The number of benzene rings is 1. The van der Waals surface area contributed by atoms with Crippen LogP contribution in [-0.2, 0) is 9.84 Å². The minimum atomic E-state index is -3.29. The fourth-order valence-corrected chi connectivity index (χ4v) is 4.33. The van der Waals surface area contributed by atoms with E-state index in [9.17, 15) is 13.2 Å². The lowest BCUT2D eigenvalue weighted by Gasteiger charge is -2.35. The van der Waals surface area contributed by atoms with Crippen LogP contribution in [0.15, 0.2) is 29.2 Å². The predicted molar refractivity (Wildman–Crippen MR) is 89.2 cm³/mol. The molecular weight excluding hydrogens is 312 g/mol. The summed E-state index contributed by atoms with van der Waals surface area (Å²) in [5.41, 5.74) is 0.463. The van der Waals surface area contributed by atoms with Crippen LogP contribution in [0.4, 0.5) is 0 Å². The van der Waals surface area contributed by atoms with E-state index >= 15 is 0 Å². The van der Waals surface area contributed by atoms with Gasteiger partial charge in [0.25, 0.3) is 5.91 Å². The standard InChI is InChI=1S/C17H24N2O3S/c1-23(21,22)15-5-2-4-14(12-15)17(20)19-10-7-13(8-11-19)16-6-3-9-18-16/h2,4-5,12-13,16,18H,3,6-11H2,1H3. The molecule has 1 aromatic carbocycles. The monoisotopic (exact) mass is 336 g/mol. The van der Waals surface area contributed by atoms with Crippen molar-refractivity contribution in [3.05, 3.63) is 29.8 Å². The average molecular weight is 336 g/mol.